The van der Waals surface area contributed by atoms with Crippen molar-refractivity contribution in [2.45, 2.75) is 26.3 Å². The van der Waals surface area contributed by atoms with Crippen LogP contribution in [0.15, 0.2) is 36.4 Å². The quantitative estimate of drug-likeness (QED) is 0.887. The molecule has 0 radical (unpaired) electrons. The van der Waals surface area contributed by atoms with Gasteiger partial charge in [0.05, 0.1) is 5.02 Å². The molecule has 2 aromatic carbocycles. The van der Waals surface area contributed by atoms with Crippen LogP contribution in [0, 0.1) is 12.7 Å². The molecule has 0 aliphatic heterocycles. The van der Waals surface area contributed by atoms with Gasteiger partial charge in [-0.15, -0.1) is 0 Å². The van der Waals surface area contributed by atoms with Crippen molar-refractivity contribution in [3.05, 3.63) is 58.4 Å². The fourth-order valence-electron chi connectivity index (χ4n) is 2.07. The minimum Gasteiger partial charge on any atom is -0.328 e. The Balaban J connectivity index is 2.34. The largest absolute Gasteiger partial charge is 0.328 e. The molecule has 0 aliphatic rings. The van der Waals surface area contributed by atoms with E-state index in [-0.39, 0.29) is 11.9 Å². The number of rotatable bonds is 3. The van der Waals surface area contributed by atoms with Crippen LogP contribution in [0.4, 0.5) is 4.39 Å². The summed E-state index contributed by atoms with van der Waals surface area (Å²) in [7, 11) is 0. The highest BCUT2D eigenvalue weighted by Crippen LogP contribution is 2.30. The van der Waals surface area contributed by atoms with E-state index >= 15 is 0 Å². The Morgan fingerprint density at radius 2 is 1.84 bits per heavy atom. The molecule has 19 heavy (non-hydrogen) atoms. The predicted octanol–water partition coefficient (Wildman–Crippen LogP) is 4.34. The summed E-state index contributed by atoms with van der Waals surface area (Å²) in [4.78, 5) is 0. The Morgan fingerprint density at radius 3 is 2.42 bits per heavy atom. The molecule has 0 saturated heterocycles. The number of benzene rings is 2. The van der Waals surface area contributed by atoms with E-state index in [0.29, 0.717) is 10.6 Å². The molecule has 0 saturated carbocycles. The van der Waals surface area contributed by atoms with E-state index in [1.807, 2.05) is 31.2 Å². The maximum absolute atomic E-state index is 13.4. The van der Waals surface area contributed by atoms with Crippen LogP contribution in [-0.4, -0.2) is 6.04 Å². The highest BCUT2D eigenvalue weighted by atomic mass is 35.5. The summed E-state index contributed by atoms with van der Waals surface area (Å²) in [5.74, 6) is -0.276. The third-order valence-electron chi connectivity index (χ3n) is 3.07. The molecule has 2 aromatic rings. The first-order valence-corrected chi connectivity index (χ1v) is 6.65. The van der Waals surface area contributed by atoms with Crippen molar-refractivity contribution in [1.29, 1.82) is 0 Å². The van der Waals surface area contributed by atoms with Gasteiger partial charge < -0.3 is 5.73 Å². The summed E-state index contributed by atoms with van der Waals surface area (Å²) >= 11 is 6.10. The van der Waals surface area contributed by atoms with E-state index in [1.54, 1.807) is 13.0 Å². The Labute approximate surface area is 118 Å². The van der Waals surface area contributed by atoms with Crippen molar-refractivity contribution in [3.63, 3.8) is 0 Å². The first-order chi connectivity index (χ1) is 8.97. The zero-order valence-electron chi connectivity index (χ0n) is 11.1. The smallest absolute Gasteiger partial charge is 0.127 e. The van der Waals surface area contributed by atoms with Gasteiger partial charge in [0, 0.05) is 11.6 Å². The van der Waals surface area contributed by atoms with E-state index in [4.69, 9.17) is 17.3 Å². The van der Waals surface area contributed by atoms with Gasteiger partial charge in [-0.25, -0.2) is 4.39 Å². The second-order valence-electron chi connectivity index (χ2n) is 4.96. The summed E-state index contributed by atoms with van der Waals surface area (Å²) in [6, 6.07) is 11.3. The number of hydrogen-bond acceptors (Lipinski definition) is 1. The average Bonchev–Trinajstić information content (AvgIpc) is 2.34. The van der Waals surface area contributed by atoms with Crippen LogP contribution in [0.2, 0.25) is 5.02 Å². The van der Waals surface area contributed by atoms with Gasteiger partial charge in [0.2, 0.25) is 0 Å². The molecule has 0 amide bonds. The van der Waals surface area contributed by atoms with Crippen LogP contribution in [0.1, 0.15) is 18.1 Å². The van der Waals surface area contributed by atoms with Crippen molar-refractivity contribution in [3.8, 4) is 11.1 Å². The molecule has 1 unspecified atom stereocenters. The van der Waals surface area contributed by atoms with Gasteiger partial charge in [-0.2, -0.15) is 0 Å². The van der Waals surface area contributed by atoms with Crippen LogP contribution < -0.4 is 5.73 Å². The topological polar surface area (TPSA) is 26.0 Å². The van der Waals surface area contributed by atoms with E-state index in [2.05, 4.69) is 0 Å². The highest BCUT2D eigenvalue weighted by Gasteiger charge is 2.08. The summed E-state index contributed by atoms with van der Waals surface area (Å²) < 4.78 is 13.4. The lowest BCUT2D eigenvalue weighted by Crippen LogP contribution is -2.17. The SMILES string of the molecule is Cc1cc(-c2ccc(CC(C)N)cc2)c(Cl)cc1F. The van der Waals surface area contributed by atoms with E-state index < -0.39 is 0 Å². The molecular formula is C16H17ClFN. The minimum absolute atomic E-state index is 0.141. The molecule has 100 valence electrons. The Morgan fingerprint density at radius 1 is 1.21 bits per heavy atom. The van der Waals surface area contributed by atoms with Crippen LogP contribution in [-0.2, 0) is 6.42 Å². The summed E-state index contributed by atoms with van der Waals surface area (Å²) in [5.41, 5.74) is 9.40. The summed E-state index contributed by atoms with van der Waals surface area (Å²) in [6.45, 7) is 3.72. The molecule has 0 heterocycles. The van der Waals surface area contributed by atoms with Crippen molar-refractivity contribution in [1.82, 2.24) is 0 Å². The number of halogens is 2. The number of nitrogens with two attached hydrogens (primary N) is 1. The van der Waals surface area contributed by atoms with Crippen LogP contribution in [0.25, 0.3) is 11.1 Å². The van der Waals surface area contributed by atoms with Crippen molar-refractivity contribution in [2.24, 2.45) is 5.73 Å². The Kier molecular flexibility index (Phi) is 4.23. The molecule has 0 aromatic heterocycles. The van der Waals surface area contributed by atoms with Crippen LogP contribution in [0.3, 0.4) is 0 Å². The van der Waals surface area contributed by atoms with Gasteiger partial charge >= 0.3 is 0 Å². The normalized spacial score (nSPS) is 12.5. The average molecular weight is 278 g/mol. The first-order valence-electron chi connectivity index (χ1n) is 6.28. The molecule has 0 fully saturated rings. The van der Waals surface area contributed by atoms with E-state index in [9.17, 15) is 4.39 Å². The fraction of sp³-hybridized carbons (Fsp3) is 0.250. The summed E-state index contributed by atoms with van der Waals surface area (Å²) in [6.07, 6.45) is 0.844. The molecule has 1 atom stereocenters. The lowest BCUT2D eigenvalue weighted by atomic mass is 10.00. The molecule has 0 aliphatic carbocycles. The molecule has 0 bridgehead atoms. The molecule has 2 N–H and O–H groups in total. The molecular weight excluding hydrogens is 261 g/mol. The van der Waals surface area contributed by atoms with Crippen LogP contribution >= 0.6 is 11.6 Å². The predicted molar refractivity (Wildman–Crippen MR) is 78.9 cm³/mol. The molecule has 3 heteroatoms. The first kappa shape index (κ1) is 14.0. The Hall–Kier alpha value is -1.38. The number of hydrogen-bond donors (Lipinski definition) is 1. The lowest BCUT2D eigenvalue weighted by Gasteiger charge is -2.09. The standard InChI is InChI=1S/C16H17ClFN/c1-10-7-14(15(17)9-16(10)18)13-5-3-12(4-6-13)8-11(2)19/h3-7,9,11H,8,19H2,1-2H3. The third kappa shape index (κ3) is 3.34. The summed E-state index contributed by atoms with van der Waals surface area (Å²) in [5, 5.41) is 0.433. The minimum atomic E-state index is -0.276. The van der Waals surface area contributed by atoms with E-state index in [0.717, 1.165) is 17.5 Å². The zero-order valence-corrected chi connectivity index (χ0v) is 11.8. The van der Waals surface area contributed by atoms with Gasteiger partial charge in [-0.1, -0.05) is 35.9 Å². The molecule has 2 rings (SSSR count). The Bertz CT molecular complexity index is 576. The molecule has 0 spiro atoms. The third-order valence-corrected chi connectivity index (χ3v) is 3.38. The van der Waals surface area contributed by atoms with Crippen molar-refractivity contribution >= 4 is 11.6 Å². The van der Waals surface area contributed by atoms with Crippen LogP contribution in [0.5, 0.6) is 0 Å². The molecule has 1 nitrogen and oxygen atoms in total. The van der Waals surface area contributed by atoms with Crippen molar-refractivity contribution < 1.29 is 4.39 Å². The monoisotopic (exact) mass is 277 g/mol. The van der Waals surface area contributed by atoms with E-state index in [1.165, 1.54) is 11.6 Å². The van der Waals surface area contributed by atoms with Gasteiger partial charge in [0.15, 0.2) is 0 Å². The highest BCUT2D eigenvalue weighted by molar-refractivity contribution is 6.33. The zero-order chi connectivity index (χ0) is 14.0. The maximum atomic E-state index is 13.4. The van der Waals surface area contributed by atoms with Crippen molar-refractivity contribution in [2.75, 3.05) is 0 Å². The second-order valence-corrected chi connectivity index (χ2v) is 5.37. The van der Waals surface area contributed by atoms with Gasteiger partial charge in [-0.05, 0) is 49.1 Å². The number of aryl methyl sites for hydroxylation is 1. The second kappa shape index (κ2) is 5.72. The van der Waals surface area contributed by atoms with Gasteiger partial charge in [-0.3, -0.25) is 0 Å². The van der Waals surface area contributed by atoms with Gasteiger partial charge in [0.1, 0.15) is 5.82 Å². The lowest BCUT2D eigenvalue weighted by molar-refractivity contribution is 0.619. The fourth-order valence-corrected chi connectivity index (χ4v) is 2.33. The van der Waals surface area contributed by atoms with Gasteiger partial charge in [0.25, 0.3) is 0 Å². The maximum Gasteiger partial charge on any atom is 0.127 e.